The fraction of sp³-hybridized carbons (Fsp3) is 0.364. The molecule has 2 aromatic carbocycles. The average molecular weight is 436 g/mol. The summed E-state index contributed by atoms with van der Waals surface area (Å²) < 4.78 is 51.1. The number of hydrogen-bond donors (Lipinski definition) is 1. The summed E-state index contributed by atoms with van der Waals surface area (Å²) in [7, 11) is 0. The predicted octanol–water partition coefficient (Wildman–Crippen LogP) is 3.30. The first-order chi connectivity index (χ1) is 14.9. The second kappa shape index (κ2) is 10.2. The third kappa shape index (κ3) is 5.68. The Kier molecular flexibility index (Phi) is 7.38. The van der Waals surface area contributed by atoms with E-state index >= 15 is 0 Å². The number of carbonyl (C=O) groups excluding carboxylic acids is 2. The van der Waals surface area contributed by atoms with Crippen LogP contribution in [0.15, 0.2) is 36.4 Å². The highest BCUT2D eigenvalue weighted by Crippen LogP contribution is 2.20. The third-order valence-electron chi connectivity index (χ3n) is 4.92. The van der Waals surface area contributed by atoms with Crippen molar-refractivity contribution < 1.29 is 32.2 Å². The molecule has 2 amide bonds. The van der Waals surface area contributed by atoms with Crippen LogP contribution in [0.5, 0.6) is 11.5 Å². The molecule has 0 spiro atoms. The van der Waals surface area contributed by atoms with Gasteiger partial charge in [0.05, 0.1) is 12.2 Å². The zero-order chi connectivity index (χ0) is 22.4. The lowest BCUT2D eigenvalue weighted by Crippen LogP contribution is -2.47. The number of carbonyl (C=O) groups is 2. The lowest BCUT2D eigenvalue weighted by molar-refractivity contribution is -0.124. The van der Waals surface area contributed by atoms with E-state index in [9.17, 15) is 22.8 Å². The van der Waals surface area contributed by atoms with Crippen LogP contribution in [0.3, 0.4) is 0 Å². The van der Waals surface area contributed by atoms with E-state index in [-0.39, 0.29) is 31.6 Å². The van der Waals surface area contributed by atoms with Crippen molar-refractivity contribution in [2.24, 2.45) is 0 Å². The van der Waals surface area contributed by atoms with Crippen LogP contribution in [0.2, 0.25) is 0 Å². The van der Waals surface area contributed by atoms with E-state index in [4.69, 9.17) is 9.47 Å². The standard InChI is InChI=1S/C22H23F3N2O4/c1-2-30-15-3-5-16(6-4-15)31-13-19(28)26-14-9-11-27(12-10-14)22(29)17-7-8-18(23)21(25)20(17)24/h3-8,14H,2,9-13H2,1H3,(H,26,28). The Morgan fingerprint density at radius 1 is 0.968 bits per heavy atom. The van der Waals surface area contributed by atoms with E-state index in [1.165, 1.54) is 4.90 Å². The molecule has 3 rings (SSSR count). The zero-order valence-electron chi connectivity index (χ0n) is 17.0. The molecule has 2 aromatic rings. The third-order valence-corrected chi connectivity index (χ3v) is 4.92. The van der Waals surface area contributed by atoms with E-state index in [1.54, 1.807) is 24.3 Å². The van der Waals surface area contributed by atoms with Crippen molar-refractivity contribution in [2.45, 2.75) is 25.8 Å². The van der Waals surface area contributed by atoms with Gasteiger partial charge in [-0.25, -0.2) is 13.2 Å². The number of likely N-dealkylation sites (tertiary alicyclic amines) is 1. The number of piperidine rings is 1. The number of ether oxygens (including phenoxy) is 2. The molecule has 6 nitrogen and oxygen atoms in total. The van der Waals surface area contributed by atoms with Crippen LogP contribution in [0.1, 0.15) is 30.1 Å². The topological polar surface area (TPSA) is 67.9 Å². The Morgan fingerprint density at radius 3 is 2.19 bits per heavy atom. The minimum Gasteiger partial charge on any atom is -0.494 e. The van der Waals surface area contributed by atoms with Gasteiger partial charge in [-0.3, -0.25) is 9.59 Å². The van der Waals surface area contributed by atoms with Crippen molar-refractivity contribution in [3.8, 4) is 11.5 Å². The number of nitrogens with zero attached hydrogens (tertiary/aromatic N) is 1. The molecule has 1 aliphatic heterocycles. The van der Waals surface area contributed by atoms with Gasteiger partial charge < -0.3 is 19.7 Å². The maximum Gasteiger partial charge on any atom is 0.258 e. The molecule has 1 heterocycles. The average Bonchev–Trinajstić information content (AvgIpc) is 2.77. The van der Waals surface area contributed by atoms with Crippen LogP contribution in [-0.4, -0.2) is 49.1 Å². The fourth-order valence-electron chi connectivity index (χ4n) is 3.31. The molecule has 0 atom stereocenters. The lowest BCUT2D eigenvalue weighted by atomic mass is 10.0. The van der Waals surface area contributed by atoms with E-state index in [2.05, 4.69) is 5.32 Å². The van der Waals surface area contributed by atoms with Crippen molar-refractivity contribution in [3.05, 3.63) is 59.4 Å². The molecule has 0 saturated carbocycles. The lowest BCUT2D eigenvalue weighted by Gasteiger charge is -2.32. The predicted molar refractivity (Wildman–Crippen MR) is 106 cm³/mol. The molecular formula is C22H23F3N2O4. The Hall–Kier alpha value is -3.23. The van der Waals surface area contributed by atoms with Gasteiger partial charge in [0.25, 0.3) is 11.8 Å². The molecule has 0 aliphatic carbocycles. The highest BCUT2D eigenvalue weighted by Gasteiger charge is 2.27. The van der Waals surface area contributed by atoms with Crippen LogP contribution in [-0.2, 0) is 4.79 Å². The largest absolute Gasteiger partial charge is 0.494 e. The van der Waals surface area contributed by atoms with Gasteiger partial charge in [0, 0.05) is 19.1 Å². The number of nitrogens with one attached hydrogen (secondary N) is 1. The molecule has 166 valence electrons. The van der Waals surface area contributed by atoms with Gasteiger partial charge in [0.2, 0.25) is 0 Å². The van der Waals surface area contributed by atoms with Gasteiger partial charge in [-0.2, -0.15) is 0 Å². The van der Waals surface area contributed by atoms with Crippen molar-refractivity contribution in [3.63, 3.8) is 0 Å². The molecule has 0 radical (unpaired) electrons. The number of amides is 2. The summed E-state index contributed by atoms with van der Waals surface area (Å²) in [4.78, 5) is 25.9. The summed E-state index contributed by atoms with van der Waals surface area (Å²) in [6, 6.07) is 8.40. The molecule has 0 aromatic heterocycles. The van der Waals surface area contributed by atoms with Crippen molar-refractivity contribution in [2.75, 3.05) is 26.3 Å². The SMILES string of the molecule is CCOc1ccc(OCC(=O)NC2CCN(C(=O)c3ccc(F)c(F)c3F)CC2)cc1. The second-order valence-corrected chi connectivity index (χ2v) is 7.05. The molecule has 31 heavy (non-hydrogen) atoms. The van der Waals surface area contributed by atoms with Crippen LogP contribution < -0.4 is 14.8 Å². The minimum absolute atomic E-state index is 0.160. The normalized spacial score (nSPS) is 14.3. The summed E-state index contributed by atoms with van der Waals surface area (Å²) in [5.74, 6) is -4.27. The van der Waals surface area contributed by atoms with Gasteiger partial charge in [-0.1, -0.05) is 0 Å². The van der Waals surface area contributed by atoms with Gasteiger partial charge in [-0.05, 0) is 56.2 Å². The second-order valence-electron chi connectivity index (χ2n) is 7.05. The molecule has 0 bridgehead atoms. The highest BCUT2D eigenvalue weighted by atomic mass is 19.2. The first kappa shape index (κ1) is 22.5. The molecule has 1 aliphatic rings. The number of halogens is 3. The molecule has 1 fully saturated rings. The van der Waals surface area contributed by atoms with Gasteiger partial charge >= 0.3 is 0 Å². The van der Waals surface area contributed by atoms with E-state index < -0.39 is 28.9 Å². The fourth-order valence-corrected chi connectivity index (χ4v) is 3.31. The summed E-state index contributed by atoms with van der Waals surface area (Å²) >= 11 is 0. The Balaban J connectivity index is 1.45. The van der Waals surface area contributed by atoms with E-state index in [0.29, 0.717) is 30.9 Å². The summed E-state index contributed by atoms with van der Waals surface area (Å²) in [6.07, 6.45) is 0.900. The van der Waals surface area contributed by atoms with E-state index in [0.717, 1.165) is 12.1 Å². The first-order valence-corrected chi connectivity index (χ1v) is 9.96. The summed E-state index contributed by atoms with van der Waals surface area (Å²) in [6.45, 7) is 2.79. The highest BCUT2D eigenvalue weighted by molar-refractivity contribution is 5.94. The maximum atomic E-state index is 13.9. The summed E-state index contributed by atoms with van der Waals surface area (Å²) in [5, 5.41) is 2.84. The Bertz CT molecular complexity index is 929. The Morgan fingerprint density at radius 2 is 1.58 bits per heavy atom. The first-order valence-electron chi connectivity index (χ1n) is 9.96. The van der Waals surface area contributed by atoms with Crippen molar-refractivity contribution in [1.29, 1.82) is 0 Å². The molecule has 1 saturated heterocycles. The van der Waals surface area contributed by atoms with Crippen LogP contribution >= 0.6 is 0 Å². The van der Waals surface area contributed by atoms with Crippen molar-refractivity contribution in [1.82, 2.24) is 10.2 Å². The van der Waals surface area contributed by atoms with Gasteiger partial charge in [-0.15, -0.1) is 0 Å². The number of benzene rings is 2. The molecule has 1 N–H and O–H groups in total. The maximum absolute atomic E-state index is 13.9. The molecular weight excluding hydrogens is 413 g/mol. The smallest absolute Gasteiger partial charge is 0.258 e. The monoisotopic (exact) mass is 436 g/mol. The van der Waals surface area contributed by atoms with Crippen LogP contribution in [0, 0.1) is 17.5 Å². The van der Waals surface area contributed by atoms with Crippen LogP contribution in [0.4, 0.5) is 13.2 Å². The van der Waals surface area contributed by atoms with Gasteiger partial charge in [0.1, 0.15) is 11.5 Å². The number of hydrogen-bond acceptors (Lipinski definition) is 4. The molecule has 9 heteroatoms. The van der Waals surface area contributed by atoms with Crippen LogP contribution in [0.25, 0.3) is 0 Å². The Labute approximate surface area is 177 Å². The van der Waals surface area contributed by atoms with E-state index in [1.807, 2.05) is 6.92 Å². The summed E-state index contributed by atoms with van der Waals surface area (Å²) in [5.41, 5.74) is -0.509. The van der Waals surface area contributed by atoms with Gasteiger partial charge in [0.15, 0.2) is 24.1 Å². The minimum atomic E-state index is -1.67. The zero-order valence-corrected chi connectivity index (χ0v) is 17.0. The quantitative estimate of drug-likeness (QED) is 0.677. The molecule has 0 unspecified atom stereocenters. The number of rotatable bonds is 7. The van der Waals surface area contributed by atoms with Crippen molar-refractivity contribution >= 4 is 11.8 Å².